The number of nitrogens with zero attached hydrogens (tertiary/aromatic N) is 2. The summed E-state index contributed by atoms with van der Waals surface area (Å²) in [6.45, 7) is 8.21. The fraction of sp³-hybridized carbons (Fsp3) is 0.692. The summed E-state index contributed by atoms with van der Waals surface area (Å²) in [5.41, 5.74) is 0. The molecule has 4 nitrogen and oxygen atoms in total. The van der Waals surface area contributed by atoms with Crippen molar-refractivity contribution in [1.29, 1.82) is 0 Å². The molecular formula is C13H23N3O. The molecule has 1 aromatic heterocycles. The van der Waals surface area contributed by atoms with Gasteiger partial charge in [0.05, 0.1) is 6.61 Å². The molecule has 1 N–H and O–H groups in total. The smallest absolute Gasteiger partial charge is 0.218 e. The van der Waals surface area contributed by atoms with Gasteiger partial charge in [-0.05, 0) is 25.2 Å². The van der Waals surface area contributed by atoms with Crippen LogP contribution in [0.3, 0.4) is 0 Å². The second-order valence-electron chi connectivity index (χ2n) is 4.55. The minimum absolute atomic E-state index is 0.655. The molecule has 4 heteroatoms. The second kappa shape index (κ2) is 7.87. The van der Waals surface area contributed by atoms with E-state index >= 15 is 0 Å². The molecule has 0 saturated heterocycles. The number of ether oxygens (including phenoxy) is 1. The highest BCUT2D eigenvalue weighted by Gasteiger charge is 2.00. The lowest BCUT2D eigenvalue weighted by Gasteiger charge is -2.08. The molecule has 96 valence electrons. The first-order valence-electron chi connectivity index (χ1n) is 6.41. The first-order chi connectivity index (χ1) is 8.22. The van der Waals surface area contributed by atoms with E-state index in [4.69, 9.17) is 4.74 Å². The predicted molar refractivity (Wildman–Crippen MR) is 70.4 cm³/mol. The summed E-state index contributed by atoms with van der Waals surface area (Å²) in [6, 6.07) is 1.85. The Kier molecular flexibility index (Phi) is 6.37. The van der Waals surface area contributed by atoms with Gasteiger partial charge in [0.1, 0.15) is 12.1 Å². The van der Waals surface area contributed by atoms with Crippen LogP contribution in [0.2, 0.25) is 0 Å². The van der Waals surface area contributed by atoms with E-state index in [2.05, 4.69) is 36.1 Å². The van der Waals surface area contributed by atoms with E-state index < -0.39 is 0 Å². The topological polar surface area (TPSA) is 47.0 Å². The summed E-state index contributed by atoms with van der Waals surface area (Å²) >= 11 is 0. The van der Waals surface area contributed by atoms with Crippen molar-refractivity contribution in [2.45, 2.75) is 40.0 Å². The number of nitrogens with one attached hydrogen (secondary N) is 1. The highest BCUT2D eigenvalue weighted by molar-refractivity contribution is 5.36. The molecule has 0 aromatic carbocycles. The van der Waals surface area contributed by atoms with Crippen molar-refractivity contribution in [3.63, 3.8) is 0 Å². The normalized spacial score (nSPS) is 10.6. The summed E-state index contributed by atoms with van der Waals surface area (Å²) in [4.78, 5) is 8.22. The first-order valence-corrected chi connectivity index (χ1v) is 6.41. The third-order valence-corrected chi connectivity index (χ3v) is 2.37. The van der Waals surface area contributed by atoms with Gasteiger partial charge in [0.15, 0.2) is 0 Å². The minimum Gasteiger partial charge on any atom is -0.478 e. The zero-order chi connectivity index (χ0) is 12.5. The standard InChI is InChI=1S/C13H23N3O/c1-4-7-14-12-9-13(16-10-15-12)17-8-5-6-11(2)3/h9-11H,4-8H2,1-3H3,(H,14,15,16). The average Bonchev–Trinajstić information content (AvgIpc) is 2.32. The van der Waals surface area contributed by atoms with Gasteiger partial charge in [-0.2, -0.15) is 0 Å². The van der Waals surface area contributed by atoms with E-state index in [0.717, 1.165) is 37.7 Å². The summed E-state index contributed by atoms with van der Waals surface area (Å²) < 4.78 is 5.59. The van der Waals surface area contributed by atoms with Crippen molar-refractivity contribution in [3.8, 4) is 5.88 Å². The van der Waals surface area contributed by atoms with Crippen molar-refractivity contribution in [1.82, 2.24) is 9.97 Å². The molecule has 0 saturated carbocycles. The van der Waals surface area contributed by atoms with E-state index in [0.29, 0.717) is 5.88 Å². The molecule has 0 aliphatic rings. The molecule has 1 rings (SSSR count). The summed E-state index contributed by atoms with van der Waals surface area (Å²) in [5.74, 6) is 2.22. The van der Waals surface area contributed by atoms with Gasteiger partial charge in [-0.1, -0.05) is 20.8 Å². The molecule has 0 bridgehead atoms. The summed E-state index contributed by atoms with van der Waals surface area (Å²) in [7, 11) is 0. The Bertz CT molecular complexity index is 315. The quantitative estimate of drug-likeness (QED) is 0.706. The van der Waals surface area contributed by atoms with Crippen molar-refractivity contribution in [2.24, 2.45) is 5.92 Å². The van der Waals surface area contributed by atoms with Gasteiger partial charge in [-0.3, -0.25) is 0 Å². The van der Waals surface area contributed by atoms with E-state index in [-0.39, 0.29) is 0 Å². The number of rotatable bonds is 8. The largest absolute Gasteiger partial charge is 0.478 e. The molecule has 0 amide bonds. The van der Waals surface area contributed by atoms with Crippen LogP contribution in [0.15, 0.2) is 12.4 Å². The second-order valence-corrected chi connectivity index (χ2v) is 4.55. The van der Waals surface area contributed by atoms with Crippen LogP contribution in [0, 0.1) is 5.92 Å². The Hall–Kier alpha value is -1.32. The molecule has 17 heavy (non-hydrogen) atoms. The monoisotopic (exact) mass is 237 g/mol. The average molecular weight is 237 g/mol. The number of anilines is 1. The van der Waals surface area contributed by atoms with Crippen LogP contribution in [0.1, 0.15) is 40.0 Å². The fourth-order valence-corrected chi connectivity index (χ4v) is 1.44. The Morgan fingerprint density at radius 3 is 2.88 bits per heavy atom. The Morgan fingerprint density at radius 2 is 2.18 bits per heavy atom. The van der Waals surface area contributed by atoms with E-state index in [9.17, 15) is 0 Å². The molecule has 1 aromatic rings. The van der Waals surface area contributed by atoms with Crippen LogP contribution in [-0.2, 0) is 0 Å². The van der Waals surface area contributed by atoms with E-state index in [1.807, 2.05) is 6.07 Å². The zero-order valence-electron chi connectivity index (χ0n) is 11.1. The fourth-order valence-electron chi connectivity index (χ4n) is 1.44. The van der Waals surface area contributed by atoms with E-state index in [1.54, 1.807) is 0 Å². The van der Waals surface area contributed by atoms with Crippen LogP contribution in [-0.4, -0.2) is 23.1 Å². The van der Waals surface area contributed by atoms with Crippen LogP contribution >= 0.6 is 0 Å². The Morgan fingerprint density at radius 1 is 1.35 bits per heavy atom. The van der Waals surface area contributed by atoms with Gasteiger partial charge in [0.25, 0.3) is 0 Å². The van der Waals surface area contributed by atoms with Gasteiger partial charge in [0.2, 0.25) is 5.88 Å². The highest BCUT2D eigenvalue weighted by atomic mass is 16.5. The van der Waals surface area contributed by atoms with Crippen LogP contribution < -0.4 is 10.1 Å². The zero-order valence-corrected chi connectivity index (χ0v) is 11.1. The molecular weight excluding hydrogens is 214 g/mol. The maximum atomic E-state index is 5.59. The molecule has 0 spiro atoms. The lowest BCUT2D eigenvalue weighted by Crippen LogP contribution is -2.05. The van der Waals surface area contributed by atoms with Crippen LogP contribution in [0.25, 0.3) is 0 Å². The molecule has 0 aliphatic carbocycles. The number of hydrogen-bond acceptors (Lipinski definition) is 4. The van der Waals surface area contributed by atoms with Crippen molar-refractivity contribution >= 4 is 5.82 Å². The summed E-state index contributed by atoms with van der Waals surface area (Å²) in [6.07, 6.45) is 4.87. The molecule has 0 radical (unpaired) electrons. The minimum atomic E-state index is 0.655. The van der Waals surface area contributed by atoms with Gasteiger partial charge < -0.3 is 10.1 Å². The molecule has 0 unspecified atom stereocenters. The lowest BCUT2D eigenvalue weighted by atomic mass is 10.1. The maximum absolute atomic E-state index is 5.59. The molecule has 0 atom stereocenters. The number of aromatic nitrogens is 2. The number of hydrogen-bond donors (Lipinski definition) is 1. The van der Waals surface area contributed by atoms with Gasteiger partial charge >= 0.3 is 0 Å². The van der Waals surface area contributed by atoms with Crippen LogP contribution in [0.5, 0.6) is 5.88 Å². The third-order valence-electron chi connectivity index (χ3n) is 2.37. The third kappa shape index (κ3) is 6.09. The van der Waals surface area contributed by atoms with Gasteiger partial charge in [-0.15, -0.1) is 0 Å². The van der Waals surface area contributed by atoms with Crippen LogP contribution in [0.4, 0.5) is 5.82 Å². The van der Waals surface area contributed by atoms with Crippen molar-refractivity contribution < 1.29 is 4.74 Å². The molecule has 0 aliphatic heterocycles. The van der Waals surface area contributed by atoms with Crippen molar-refractivity contribution in [2.75, 3.05) is 18.5 Å². The molecule has 1 heterocycles. The Balaban J connectivity index is 2.32. The first kappa shape index (κ1) is 13.7. The SMILES string of the molecule is CCCNc1cc(OCCCC(C)C)ncn1. The van der Waals surface area contributed by atoms with Gasteiger partial charge in [0, 0.05) is 12.6 Å². The molecule has 0 fully saturated rings. The highest BCUT2D eigenvalue weighted by Crippen LogP contribution is 2.12. The summed E-state index contributed by atoms with van der Waals surface area (Å²) in [5, 5.41) is 3.21. The predicted octanol–water partition coefficient (Wildman–Crippen LogP) is 3.11. The maximum Gasteiger partial charge on any atom is 0.218 e. The lowest BCUT2D eigenvalue weighted by molar-refractivity contribution is 0.287. The Labute approximate surface area is 104 Å². The van der Waals surface area contributed by atoms with E-state index in [1.165, 1.54) is 12.7 Å². The van der Waals surface area contributed by atoms with Gasteiger partial charge in [-0.25, -0.2) is 9.97 Å². The van der Waals surface area contributed by atoms with Crippen molar-refractivity contribution in [3.05, 3.63) is 12.4 Å².